The van der Waals surface area contributed by atoms with Crippen LogP contribution in [0.25, 0.3) is 5.69 Å². The first-order valence-electron chi connectivity index (χ1n) is 9.99. The molecule has 7 heteroatoms. The molecule has 1 aromatic carbocycles. The Labute approximate surface area is 175 Å². The summed E-state index contributed by atoms with van der Waals surface area (Å²) in [5, 5.41) is 17.5. The Kier molecular flexibility index (Phi) is 5.87. The van der Waals surface area contributed by atoms with Gasteiger partial charge in [-0.05, 0) is 49.4 Å². The van der Waals surface area contributed by atoms with Crippen molar-refractivity contribution in [2.24, 2.45) is 5.92 Å². The van der Waals surface area contributed by atoms with Crippen LogP contribution in [0.15, 0.2) is 55.0 Å². The fourth-order valence-corrected chi connectivity index (χ4v) is 3.60. The average molecular weight is 401 g/mol. The van der Waals surface area contributed by atoms with E-state index in [9.17, 15) is 4.79 Å². The highest BCUT2D eigenvalue weighted by Crippen LogP contribution is 2.25. The zero-order valence-corrected chi connectivity index (χ0v) is 16.8. The Hall–Kier alpha value is -3.50. The van der Waals surface area contributed by atoms with Gasteiger partial charge in [-0.25, -0.2) is 4.98 Å². The molecule has 0 aliphatic carbocycles. The van der Waals surface area contributed by atoms with Gasteiger partial charge in [0.15, 0.2) is 0 Å². The van der Waals surface area contributed by atoms with Crippen LogP contribution in [-0.2, 0) is 6.61 Å². The smallest absolute Gasteiger partial charge is 0.256 e. The number of aliphatic hydroxyl groups is 1. The number of likely N-dealkylation sites (tertiary alicyclic amines) is 1. The van der Waals surface area contributed by atoms with E-state index in [2.05, 4.69) is 33.9 Å². The molecule has 3 heterocycles. The van der Waals surface area contributed by atoms with Crippen LogP contribution < -0.4 is 0 Å². The Morgan fingerprint density at radius 3 is 2.70 bits per heavy atom. The first-order valence-corrected chi connectivity index (χ1v) is 9.99. The van der Waals surface area contributed by atoms with Crippen LogP contribution in [0, 0.1) is 17.8 Å². The molecule has 1 saturated heterocycles. The van der Waals surface area contributed by atoms with Gasteiger partial charge in [0, 0.05) is 24.7 Å². The highest BCUT2D eigenvalue weighted by atomic mass is 16.3. The maximum absolute atomic E-state index is 13.4. The van der Waals surface area contributed by atoms with Gasteiger partial charge < -0.3 is 10.0 Å². The van der Waals surface area contributed by atoms with Crippen molar-refractivity contribution >= 4 is 5.91 Å². The lowest BCUT2D eigenvalue weighted by Crippen LogP contribution is -2.45. The maximum Gasteiger partial charge on any atom is 0.256 e. The number of hydrogen-bond donors (Lipinski definition) is 1. The van der Waals surface area contributed by atoms with Gasteiger partial charge in [-0.1, -0.05) is 24.1 Å². The molecule has 2 aromatic heterocycles. The molecule has 0 saturated carbocycles. The Morgan fingerprint density at radius 1 is 1.17 bits per heavy atom. The summed E-state index contributed by atoms with van der Waals surface area (Å²) >= 11 is 0. The molecule has 0 unspecified atom stereocenters. The number of hydrogen-bond acceptors (Lipinski definition) is 5. The second-order valence-corrected chi connectivity index (χ2v) is 7.40. The highest BCUT2D eigenvalue weighted by Gasteiger charge is 2.30. The van der Waals surface area contributed by atoms with E-state index in [4.69, 9.17) is 5.11 Å². The van der Waals surface area contributed by atoms with Crippen LogP contribution in [0.3, 0.4) is 0 Å². The second-order valence-electron chi connectivity index (χ2n) is 7.40. The van der Waals surface area contributed by atoms with Gasteiger partial charge in [0.1, 0.15) is 5.69 Å². The lowest BCUT2D eigenvalue weighted by Gasteiger charge is -2.36. The number of carbonyl (C=O) groups is 1. The number of para-hydroxylation sites is 1. The number of rotatable bonds is 3. The minimum absolute atomic E-state index is 0.0339. The zero-order chi connectivity index (χ0) is 20.9. The topological polar surface area (TPSA) is 84.1 Å². The van der Waals surface area contributed by atoms with Crippen LogP contribution in [0.1, 0.15) is 41.4 Å². The summed E-state index contributed by atoms with van der Waals surface area (Å²) in [6.07, 6.45) is 6.65. The van der Waals surface area contributed by atoms with E-state index < -0.39 is 0 Å². The van der Waals surface area contributed by atoms with E-state index >= 15 is 0 Å². The van der Waals surface area contributed by atoms with E-state index in [1.807, 2.05) is 35.2 Å². The lowest BCUT2D eigenvalue weighted by atomic mass is 9.93. The molecule has 4 rings (SSSR count). The second kappa shape index (κ2) is 8.89. The van der Waals surface area contributed by atoms with Gasteiger partial charge in [-0.2, -0.15) is 15.0 Å². The summed E-state index contributed by atoms with van der Waals surface area (Å²) in [6.45, 7) is 2.61. The van der Waals surface area contributed by atoms with Gasteiger partial charge in [0.2, 0.25) is 0 Å². The fraction of sp³-hybridized carbons (Fsp3) is 0.304. The predicted octanol–water partition coefficient (Wildman–Crippen LogP) is 2.45. The molecule has 1 fully saturated rings. The van der Waals surface area contributed by atoms with Crippen molar-refractivity contribution in [1.82, 2.24) is 24.9 Å². The summed E-state index contributed by atoms with van der Waals surface area (Å²) in [4.78, 5) is 21.0. The number of nitrogens with zero attached hydrogens (tertiary/aromatic N) is 5. The summed E-state index contributed by atoms with van der Waals surface area (Å²) < 4.78 is 0. The number of amides is 1. The molecule has 1 aliphatic rings. The first kappa shape index (κ1) is 19.8. The van der Waals surface area contributed by atoms with Gasteiger partial charge in [0.05, 0.1) is 30.3 Å². The minimum Gasteiger partial charge on any atom is -0.392 e. The molecular formula is C23H23N5O2. The van der Waals surface area contributed by atoms with Gasteiger partial charge >= 0.3 is 0 Å². The molecule has 0 bridgehead atoms. The molecular weight excluding hydrogens is 378 g/mol. The normalized spacial score (nSPS) is 18.5. The lowest BCUT2D eigenvalue weighted by molar-refractivity contribution is 0.0598. The molecule has 30 heavy (non-hydrogen) atoms. The summed E-state index contributed by atoms with van der Waals surface area (Å²) in [6, 6.07) is 11.1. The van der Waals surface area contributed by atoms with E-state index in [1.54, 1.807) is 24.7 Å². The molecule has 1 N–H and O–H groups in total. The number of benzene rings is 1. The molecule has 152 valence electrons. The molecule has 1 amide bonds. The van der Waals surface area contributed by atoms with Crippen molar-refractivity contribution in [3.8, 4) is 17.5 Å². The van der Waals surface area contributed by atoms with E-state index in [-0.39, 0.29) is 24.5 Å². The minimum atomic E-state index is -0.0349. The summed E-state index contributed by atoms with van der Waals surface area (Å²) in [5.74, 6) is 6.43. The molecule has 7 nitrogen and oxygen atoms in total. The van der Waals surface area contributed by atoms with Crippen molar-refractivity contribution in [3.63, 3.8) is 0 Å². The average Bonchev–Trinajstić information content (AvgIpc) is 3.33. The van der Waals surface area contributed by atoms with Crippen molar-refractivity contribution < 1.29 is 9.90 Å². The SMILES string of the molecule is C[C@@H]1CC[C@@H](C#Cc2ccc(CO)cn2)CN1C(=O)c1ccccc1-n1nccn1. The van der Waals surface area contributed by atoms with Crippen molar-refractivity contribution in [1.29, 1.82) is 0 Å². The Morgan fingerprint density at radius 2 is 1.97 bits per heavy atom. The highest BCUT2D eigenvalue weighted by molar-refractivity contribution is 5.98. The standard InChI is InChI=1S/C23H23N5O2/c1-17-6-7-18(8-10-20-11-9-19(16-29)14-24-20)15-27(17)23(30)21-4-2-3-5-22(21)28-25-12-13-26-28/h2-5,9,11-14,17-18,29H,6-7,15-16H2,1H3/t17-,18+/m1/s1. The third-order valence-electron chi connectivity index (χ3n) is 5.32. The van der Waals surface area contributed by atoms with Gasteiger partial charge in [0.25, 0.3) is 5.91 Å². The van der Waals surface area contributed by atoms with E-state index in [1.165, 1.54) is 4.80 Å². The monoisotopic (exact) mass is 401 g/mol. The number of carbonyl (C=O) groups excluding carboxylic acids is 1. The quantitative estimate of drug-likeness (QED) is 0.682. The van der Waals surface area contributed by atoms with Crippen molar-refractivity contribution in [2.75, 3.05) is 6.54 Å². The van der Waals surface area contributed by atoms with E-state index in [0.29, 0.717) is 23.5 Å². The summed E-state index contributed by atoms with van der Waals surface area (Å²) in [7, 11) is 0. The van der Waals surface area contributed by atoms with Crippen LogP contribution in [0.5, 0.6) is 0 Å². The van der Waals surface area contributed by atoms with Crippen LogP contribution in [-0.4, -0.2) is 48.5 Å². The van der Waals surface area contributed by atoms with E-state index in [0.717, 1.165) is 18.4 Å². The molecule has 3 aromatic rings. The maximum atomic E-state index is 13.4. The van der Waals surface area contributed by atoms with Crippen molar-refractivity contribution in [3.05, 3.63) is 71.8 Å². The molecule has 0 spiro atoms. The Bertz CT molecular complexity index is 1070. The zero-order valence-electron chi connectivity index (χ0n) is 16.8. The van der Waals surface area contributed by atoms with Crippen LogP contribution in [0.2, 0.25) is 0 Å². The van der Waals surface area contributed by atoms with Crippen LogP contribution >= 0.6 is 0 Å². The van der Waals surface area contributed by atoms with Crippen molar-refractivity contribution in [2.45, 2.75) is 32.4 Å². The fourth-order valence-electron chi connectivity index (χ4n) is 3.60. The molecule has 0 radical (unpaired) electrons. The molecule has 2 atom stereocenters. The number of pyridine rings is 1. The first-order chi connectivity index (χ1) is 14.7. The molecule has 1 aliphatic heterocycles. The third kappa shape index (κ3) is 4.24. The number of aromatic nitrogens is 4. The number of piperidine rings is 1. The van der Waals surface area contributed by atoms with Gasteiger partial charge in [-0.3, -0.25) is 4.79 Å². The summed E-state index contributed by atoms with van der Waals surface area (Å²) in [5.41, 5.74) is 2.67. The number of aliphatic hydroxyl groups excluding tert-OH is 1. The largest absolute Gasteiger partial charge is 0.392 e. The Balaban J connectivity index is 1.53. The third-order valence-corrected chi connectivity index (χ3v) is 5.32. The predicted molar refractivity (Wildman–Crippen MR) is 112 cm³/mol. The van der Waals surface area contributed by atoms with Gasteiger partial charge in [-0.15, -0.1) is 0 Å². The van der Waals surface area contributed by atoms with Crippen LogP contribution in [0.4, 0.5) is 0 Å².